The molecule has 0 heterocycles. The minimum atomic E-state index is 0.484. The molecule has 1 rings (SSSR count). The average Bonchev–Trinajstić information content (AvgIpc) is 2.04. The van der Waals surface area contributed by atoms with Crippen LogP contribution in [0.2, 0.25) is 0 Å². The number of nitrogens with one attached hydrogen (secondary N) is 1. The van der Waals surface area contributed by atoms with Gasteiger partial charge in [0.15, 0.2) is 0 Å². The van der Waals surface area contributed by atoms with Gasteiger partial charge >= 0.3 is 0 Å². The molecule has 1 aromatic carbocycles. The number of aryl methyl sites for hydroxylation is 2. The minimum absolute atomic E-state index is 0.484. The van der Waals surface area contributed by atoms with Crippen LogP contribution in [-0.2, 0) is 0 Å². The van der Waals surface area contributed by atoms with Crippen molar-refractivity contribution in [3.8, 4) is 0 Å². The fourth-order valence-electron chi connectivity index (χ4n) is 1.43. The third-order valence-electron chi connectivity index (χ3n) is 2.01. The maximum atomic E-state index is 7.76. The lowest BCUT2D eigenvalue weighted by Gasteiger charge is -2.06. The zero-order valence-corrected chi connectivity index (χ0v) is 8.26. The first-order valence-electron chi connectivity index (χ1n) is 4.24. The van der Waals surface area contributed by atoms with Crippen molar-refractivity contribution in [3.05, 3.63) is 34.9 Å². The Morgan fingerprint density at radius 1 is 1.31 bits per heavy atom. The van der Waals surface area contributed by atoms with Crippen LogP contribution in [0.1, 0.15) is 16.7 Å². The largest absolute Gasteiger partial charge is 0.299 e. The molecular weight excluding hydrogens is 160 g/mol. The van der Waals surface area contributed by atoms with Gasteiger partial charge in [-0.3, -0.25) is 10.4 Å². The zero-order valence-electron chi connectivity index (χ0n) is 8.26. The van der Waals surface area contributed by atoms with E-state index in [4.69, 9.17) is 5.41 Å². The third kappa shape index (κ3) is 2.02. The molecule has 0 aliphatic heterocycles. The van der Waals surface area contributed by atoms with E-state index in [2.05, 4.69) is 4.99 Å². The molecule has 2 nitrogen and oxygen atoms in total. The summed E-state index contributed by atoms with van der Waals surface area (Å²) in [6.45, 7) is 4.03. The number of rotatable bonds is 2. The van der Waals surface area contributed by atoms with E-state index in [1.807, 2.05) is 32.0 Å². The zero-order chi connectivity index (χ0) is 9.84. The van der Waals surface area contributed by atoms with Crippen molar-refractivity contribution >= 4 is 11.9 Å². The van der Waals surface area contributed by atoms with Crippen LogP contribution in [0.3, 0.4) is 0 Å². The second-order valence-electron chi connectivity index (χ2n) is 3.07. The Kier molecular flexibility index (Phi) is 2.96. The van der Waals surface area contributed by atoms with Crippen LogP contribution in [0.25, 0.3) is 0 Å². The molecule has 0 saturated heterocycles. The van der Waals surface area contributed by atoms with Gasteiger partial charge in [-0.1, -0.05) is 18.2 Å². The Balaban J connectivity index is 3.20. The first-order valence-corrected chi connectivity index (χ1v) is 4.24. The van der Waals surface area contributed by atoms with Crippen molar-refractivity contribution < 1.29 is 0 Å². The molecule has 0 aliphatic rings. The number of hydrogen-bond acceptors (Lipinski definition) is 2. The van der Waals surface area contributed by atoms with Gasteiger partial charge in [-0.2, -0.15) is 0 Å². The number of aliphatic imine (C=N–C) groups is 1. The van der Waals surface area contributed by atoms with Crippen molar-refractivity contribution in [2.75, 3.05) is 7.05 Å². The summed E-state index contributed by atoms with van der Waals surface area (Å²) in [5.74, 6) is 0. The highest BCUT2D eigenvalue weighted by Gasteiger charge is 2.04. The predicted octanol–water partition coefficient (Wildman–Crippen LogP) is 2.37. The van der Waals surface area contributed by atoms with Crippen molar-refractivity contribution in [3.63, 3.8) is 0 Å². The molecule has 0 aromatic heterocycles. The summed E-state index contributed by atoms with van der Waals surface area (Å²) in [5, 5.41) is 7.76. The molecular formula is C11H14N2. The van der Waals surface area contributed by atoms with E-state index < -0.39 is 0 Å². The first kappa shape index (κ1) is 9.65. The summed E-state index contributed by atoms with van der Waals surface area (Å²) < 4.78 is 0. The van der Waals surface area contributed by atoms with Crippen LogP contribution in [0.4, 0.5) is 0 Å². The van der Waals surface area contributed by atoms with Crippen LogP contribution in [-0.4, -0.2) is 19.0 Å². The SMILES string of the molecule is CN=CC(=N)c1c(C)cccc1C. The molecule has 68 valence electrons. The van der Waals surface area contributed by atoms with Crippen LogP contribution >= 0.6 is 0 Å². The van der Waals surface area contributed by atoms with E-state index in [0.29, 0.717) is 5.71 Å². The minimum Gasteiger partial charge on any atom is -0.299 e. The van der Waals surface area contributed by atoms with E-state index >= 15 is 0 Å². The van der Waals surface area contributed by atoms with Gasteiger partial charge < -0.3 is 0 Å². The van der Waals surface area contributed by atoms with Gasteiger partial charge in [0, 0.05) is 18.8 Å². The van der Waals surface area contributed by atoms with Gasteiger partial charge in [-0.05, 0) is 25.0 Å². The van der Waals surface area contributed by atoms with E-state index in [0.717, 1.165) is 16.7 Å². The molecule has 1 N–H and O–H groups in total. The highest BCUT2D eigenvalue weighted by atomic mass is 14.7. The molecule has 0 saturated carbocycles. The molecule has 0 amide bonds. The summed E-state index contributed by atoms with van der Waals surface area (Å²) in [4.78, 5) is 3.84. The molecule has 1 aromatic rings. The molecule has 0 aliphatic carbocycles. The summed E-state index contributed by atoms with van der Waals surface area (Å²) in [5.41, 5.74) is 3.74. The van der Waals surface area contributed by atoms with Gasteiger partial charge in [-0.25, -0.2) is 0 Å². The molecule has 0 radical (unpaired) electrons. The maximum Gasteiger partial charge on any atom is 0.0795 e. The molecule has 0 fully saturated rings. The van der Waals surface area contributed by atoms with Crippen molar-refractivity contribution in [1.29, 1.82) is 5.41 Å². The molecule has 13 heavy (non-hydrogen) atoms. The highest BCUT2D eigenvalue weighted by molar-refractivity contribution is 6.37. The lowest BCUT2D eigenvalue weighted by Crippen LogP contribution is -2.05. The Labute approximate surface area is 78.8 Å². The molecule has 2 heteroatoms. The second-order valence-corrected chi connectivity index (χ2v) is 3.07. The Morgan fingerprint density at radius 3 is 2.31 bits per heavy atom. The lowest BCUT2D eigenvalue weighted by molar-refractivity contribution is 1.34. The Bertz CT molecular complexity index is 331. The maximum absolute atomic E-state index is 7.76. The highest BCUT2D eigenvalue weighted by Crippen LogP contribution is 2.12. The standard InChI is InChI=1S/C11H14N2/c1-8-5-4-6-9(2)11(8)10(12)7-13-3/h4-7,12H,1-3H3. The van der Waals surface area contributed by atoms with Crippen LogP contribution in [0, 0.1) is 19.3 Å². The summed E-state index contributed by atoms with van der Waals surface area (Å²) in [7, 11) is 1.68. The smallest absolute Gasteiger partial charge is 0.0795 e. The molecule has 0 atom stereocenters. The van der Waals surface area contributed by atoms with Gasteiger partial charge in [-0.15, -0.1) is 0 Å². The number of hydrogen-bond donors (Lipinski definition) is 1. The van der Waals surface area contributed by atoms with Gasteiger partial charge in [0.1, 0.15) is 0 Å². The molecule has 0 spiro atoms. The molecule has 0 bridgehead atoms. The summed E-state index contributed by atoms with van der Waals surface area (Å²) in [6.07, 6.45) is 1.58. The van der Waals surface area contributed by atoms with Crippen LogP contribution in [0.15, 0.2) is 23.2 Å². The number of benzene rings is 1. The number of nitrogens with zero attached hydrogens (tertiary/aromatic N) is 1. The van der Waals surface area contributed by atoms with Crippen molar-refractivity contribution in [1.82, 2.24) is 0 Å². The van der Waals surface area contributed by atoms with E-state index in [9.17, 15) is 0 Å². The van der Waals surface area contributed by atoms with E-state index in [-0.39, 0.29) is 0 Å². The first-order chi connectivity index (χ1) is 6.16. The van der Waals surface area contributed by atoms with Crippen molar-refractivity contribution in [2.45, 2.75) is 13.8 Å². The van der Waals surface area contributed by atoms with Crippen molar-refractivity contribution in [2.24, 2.45) is 4.99 Å². The van der Waals surface area contributed by atoms with Gasteiger partial charge in [0.25, 0.3) is 0 Å². The van der Waals surface area contributed by atoms with Crippen LogP contribution < -0.4 is 0 Å². The van der Waals surface area contributed by atoms with E-state index in [1.54, 1.807) is 13.3 Å². The lowest BCUT2D eigenvalue weighted by atomic mass is 9.99. The Morgan fingerprint density at radius 2 is 1.85 bits per heavy atom. The summed E-state index contributed by atoms with van der Waals surface area (Å²) in [6, 6.07) is 6.03. The fraction of sp³-hybridized carbons (Fsp3) is 0.273. The molecule has 0 unspecified atom stereocenters. The topological polar surface area (TPSA) is 36.2 Å². The second kappa shape index (κ2) is 3.99. The summed E-state index contributed by atoms with van der Waals surface area (Å²) >= 11 is 0. The fourth-order valence-corrected chi connectivity index (χ4v) is 1.43. The predicted molar refractivity (Wildman–Crippen MR) is 57.2 cm³/mol. The van der Waals surface area contributed by atoms with Crippen LogP contribution in [0.5, 0.6) is 0 Å². The van der Waals surface area contributed by atoms with Gasteiger partial charge in [0.2, 0.25) is 0 Å². The van der Waals surface area contributed by atoms with E-state index in [1.165, 1.54) is 0 Å². The average molecular weight is 174 g/mol. The monoisotopic (exact) mass is 174 g/mol. The quantitative estimate of drug-likeness (QED) is 0.668. The third-order valence-corrected chi connectivity index (χ3v) is 2.01. The Hall–Kier alpha value is -1.44. The van der Waals surface area contributed by atoms with Gasteiger partial charge in [0.05, 0.1) is 5.71 Å². The normalized spacial score (nSPS) is 10.7.